The maximum Gasteiger partial charge on any atom is 0.0733 e. The molecule has 154 valence electrons. The summed E-state index contributed by atoms with van der Waals surface area (Å²) in [7, 11) is -0.368. The Morgan fingerprint density at radius 1 is 0.857 bits per heavy atom. The van der Waals surface area contributed by atoms with Gasteiger partial charge in [-0.25, -0.2) is 0 Å². The van der Waals surface area contributed by atoms with Gasteiger partial charge in [0.2, 0.25) is 0 Å². The van der Waals surface area contributed by atoms with Crippen LogP contribution in [0.25, 0.3) is 0 Å². The molecule has 2 aliphatic heterocycles. The quantitative estimate of drug-likeness (QED) is 0.323. The topological polar surface area (TPSA) is 0 Å². The molecule has 2 heterocycles. The zero-order valence-electron chi connectivity index (χ0n) is 19.1. The molecule has 8 aliphatic rings. The molecule has 0 spiro atoms. The zero-order valence-corrected chi connectivity index (χ0v) is 22.0. The van der Waals surface area contributed by atoms with Gasteiger partial charge in [-0.1, -0.05) is 58.8 Å². The highest BCUT2D eigenvalue weighted by atomic mass is 31.1. The Bertz CT molecular complexity index is 729. The molecule has 0 aromatic carbocycles. The van der Waals surface area contributed by atoms with E-state index < -0.39 is 16.1 Å². The van der Waals surface area contributed by atoms with E-state index >= 15 is 0 Å². The summed E-state index contributed by atoms with van der Waals surface area (Å²) in [5.74, 6) is 6.31. The summed E-state index contributed by atoms with van der Waals surface area (Å²) in [6.45, 7) is 15.9. The van der Waals surface area contributed by atoms with Crippen LogP contribution < -0.4 is 0 Å². The molecule has 5 fully saturated rings. The summed E-state index contributed by atoms with van der Waals surface area (Å²) in [6.07, 6.45) is 14.1. The van der Waals surface area contributed by atoms with Gasteiger partial charge in [0.05, 0.1) is 8.07 Å². The summed E-state index contributed by atoms with van der Waals surface area (Å²) in [4.78, 5) is 0. The predicted molar refractivity (Wildman–Crippen MR) is 130 cm³/mol. The van der Waals surface area contributed by atoms with Crippen LogP contribution >= 0.6 is 8.20 Å². The molecule has 0 saturated heterocycles. The Kier molecular flexibility index (Phi) is 3.93. The largest absolute Gasteiger partial charge is 0.0964 e. The molecule has 0 amide bonds. The van der Waals surface area contributed by atoms with Crippen molar-refractivity contribution in [2.45, 2.75) is 95.4 Å². The van der Waals surface area contributed by atoms with Crippen molar-refractivity contribution in [3.63, 3.8) is 0 Å². The van der Waals surface area contributed by atoms with Crippen molar-refractivity contribution < 1.29 is 0 Å². The third kappa shape index (κ3) is 2.56. The highest BCUT2D eigenvalue weighted by molar-refractivity contribution is 7.42. The van der Waals surface area contributed by atoms with Gasteiger partial charge in [-0.3, -0.25) is 0 Å². The second kappa shape index (κ2) is 5.77. The lowest BCUT2D eigenvalue weighted by Crippen LogP contribution is -2.62. The molecule has 0 nitrogen and oxygen atoms in total. The van der Waals surface area contributed by atoms with Crippen LogP contribution in [0.3, 0.4) is 0 Å². The van der Waals surface area contributed by atoms with E-state index in [0.29, 0.717) is 5.41 Å². The first-order valence-corrected chi connectivity index (χ1v) is 20.4. The van der Waals surface area contributed by atoms with Crippen molar-refractivity contribution in [1.82, 2.24) is 0 Å². The van der Waals surface area contributed by atoms with Crippen LogP contribution in [0.2, 0.25) is 44.8 Å². The Hall–Kier alpha value is 0.344. The normalized spacial score (nSPS) is 52.1. The van der Waals surface area contributed by atoms with Crippen LogP contribution in [0, 0.1) is 40.9 Å². The van der Waals surface area contributed by atoms with Gasteiger partial charge in [-0.2, -0.15) is 0 Å². The van der Waals surface area contributed by atoms with Gasteiger partial charge in [-0.15, -0.1) is 0 Å². The molecule has 0 N–H and O–H groups in total. The molecule has 5 unspecified atom stereocenters. The van der Waals surface area contributed by atoms with Crippen molar-refractivity contribution in [2.75, 3.05) is 0 Å². The molecule has 8 rings (SSSR count). The maximum atomic E-state index is 2.93. The Morgan fingerprint density at radius 2 is 1.43 bits per heavy atom. The van der Waals surface area contributed by atoms with Crippen LogP contribution in [0.1, 0.15) is 44.9 Å². The van der Waals surface area contributed by atoms with Gasteiger partial charge < -0.3 is 0 Å². The molecule has 3 heteroatoms. The van der Waals surface area contributed by atoms with Gasteiger partial charge in [-0.05, 0) is 90.8 Å². The van der Waals surface area contributed by atoms with E-state index in [9.17, 15) is 0 Å². The van der Waals surface area contributed by atoms with Gasteiger partial charge in [0.1, 0.15) is 0 Å². The van der Waals surface area contributed by atoms with Crippen molar-refractivity contribution in [3.8, 4) is 0 Å². The van der Waals surface area contributed by atoms with Crippen molar-refractivity contribution in [3.05, 3.63) is 11.3 Å². The lowest BCUT2D eigenvalue weighted by Gasteiger charge is -2.66. The lowest BCUT2D eigenvalue weighted by atomic mass is 9.46. The van der Waals surface area contributed by atoms with E-state index in [1.54, 1.807) is 44.9 Å². The van der Waals surface area contributed by atoms with Gasteiger partial charge in [0.25, 0.3) is 0 Å². The molecular weight excluding hydrogens is 387 g/mol. The second-order valence-electron chi connectivity index (χ2n) is 14.0. The van der Waals surface area contributed by atoms with E-state index in [4.69, 9.17) is 0 Å². The van der Waals surface area contributed by atoms with E-state index in [1.165, 1.54) is 0 Å². The number of hydrogen-bond donors (Lipinski definition) is 0. The Labute approximate surface area is 177 Å². The maximum absolute atomic E-state index is 2.93. The van der Waals surface area contributed by atoms with Gasteiger partial charge >= 0.3 is 0 Å². The number of allylic oxidation sites excluding steroid dienone is 2. The zero-order chi connectivity index (χ0) is 19.6. The summed E-state index contributed by atoms with van der Waals surface area (Å²) in [6, 6.07) is 0. The standard InChI is InChI=1S/C25H41PSi2/c1-27(2,3)20-10-18-19-11-21(28(4,5)6)23(22(18)20)26-24(19)25-12-15-7-16(13-25)9-17(8-15)14-25/h11,15-20,22-23H,7-10,12-14H2,1-6H3. The summed E-state index contributed by atoms with van der Waals surface area (Å²) in [5, 5.41) is 4.10. The second-order valence-corrected chi connectivity index (χ2v) is 25.9. The van der Waals surface area contributed by atoms with E-state index in [2.05, 4.69) is 50.7 Å². The highest BCUT2D eigenvalue weighted by Crippen LogP contribution is 2.70. The molecule has 0 aromatic heterocycles. The first-order valence-electron chi connectivity index (χ1n) is 12.4. The molecule has 6 aliphatic carbocycles. The summed E-state index contributed by atoms with van der Waals surface area (Å²) < 4.78 is 0. The minimum Gasteiger partial charge on any atom is -0.0964 e. The minimum atomic E-state index is -1.20. The SMILES string of the molecule is C[Si](C)(C)C1=CC2C(C34CC5CC(CC(C5)C3)C4)=PC1C1C2CC1[Si](C)(C)C. The molecule has 0 aromatic rings. The van der Waals surface area contributed by atoms with Gasteiger partial charge in [0, 0.05) is 19.7 Å². The smallest absolute Gasteiger partial charge is 0.0733 e. The van der Waals surface area contributed by atoms with Gasteiger partial charge in [0.15, 0.2) is 0 Å². The average molecular weight is 429 g/mol. The lowest BCUT2D eigenvalue weighted by molar-refractivity contribution is -0.0159. The summed E-state index contributed by atoms with van der Waals surface area (Å²) >= 11 is 0. The first-order chi connectivity index (χ1) is 13.1. The molecule has 5 atom stereocenters. The van der Waals surface area contributed by atoms with Crippen LogP contribution in [0.4, 0.5) is 0 Å². The number of hydrogen-bond acceptors (Lipinski definition) is 0. The van der Waals surface area contributed by atoms with Crippen molar-refractivity contribution >= 4 is 29.6 Å². The van der Waals surface area contributed by atoms with Crippen LogP contribution in [0.15, 0.2) is 11.3 Å². The van der Waals surface area contributed by atoms with E-state index in [1.807, 2.05) is 13.4 Å². The molecule has 5 saturated carbocycles. The number of rotatable bonds is 3. The highest BCUT2D eigenvalue weighted by Gasteiger charge is 2.63. The predicted octanol–water partition coefficient (Wildman–Crippen LogP) is 7.48. The first kappa shape index (κ1) is 19.1. The van der Waals surface area contributed by atoms with Crippen molar-refractivity contribution in [2.24, 2.45) is 40.9 Å². The fourth-order valence-corrected chi connectivity index (χ4v) is 17.3. The third-order valence-corrected chi connectivity index (χ3v) is 17.4. The average Bonchev–Trinajstić information content (AvgIpc) is 2.50. The fourth-order valence-electron chi connectivity index (χ4n) is 9.39. The molecule has 28 heavy (non-hydrogen) atoms. The van der Waals surface area contributed by atoms with E-state index in [-0.39, 0.29) is 0 Å². The van der Waals surface area contributed by atoms with Crippen LogP contribution in [-0.4, -0.2) is 27.1 Å². The molecule has 0 radical (unpaired) electrons. The fraction of sp³-hybridized carbons (Fsp3) is 0.880. The van der Waals surface area contributed by atoms with Crippen LogP contribution in [-0.2, 0) is 0 Å². The van der Waals surface area contributed by atoms with Crippen molar-refractivity contribution in [1.29, 1.82) is 0 Å². The third-order valence-electron chi connectivity index (χ3n) is 10.1. The van der Waals surface area contributed by atoms with E-state index in [0.717, 1.165) is 46.7 Å². The monoisotopic (exact) mass is 428 g/mol. The Balaban J connectivity index is 1.41. The van der Waals surface area contributed by atoms with Crippen LogP contribution in [0.5, 0.6) is 0 Å². The molecular formula is C25H41PSi2. The Morgan fingerprint density at radius 3 is 1.93 bits per heavy atom. The summed E-state index contributed by atoms with van der Waals surface area (Å²) in [5.41, 5.74) is 2.74. The minimum absolute atomic E-state index is 0.690. The molecule has 6 bridgehead atoms.